The van der Waals surface area contributed by atoms with Gasteiger partial charge in [0.1, 0.15) is 0 Å². The molecular formula is C14H21NO. The molecule has 0 radical (unpaired) electrons. The Morgan fingerprint density at radius 2 is 2.00 bits per heavy atom. The van der Waals surface area contributed by atoms with Crippen molar-refractivity contribution in [1.29, 1.82) is 0 Å². The van der Waals surface area contributed by atoms with Crippen LogP contribution in [0.25, 0.3) is 0 Å². The molecule has 0 aliphatic heterocycles. The van der Waals surface area contributed by atoms with E-state index in [9.17, 15) is 0 Å². The maximum Gasteiger partial charge on any atom is 0.0720 e. The third-order valence-corrected chi connectivity index (χ3v) is 2.88. The smallest absolute Gasteiger partial charge is 0.0720 e. The molecular weight excluding hydrogens is 198 g/mol. The first-order chi connectivity index (χ1) is 7.90. The van der Waals surface area contributed by atoms with Crippen LogP contribution >= 0.6 is 0 Å². The van der Waals surface area contributed by atoms with Gasteiger partial charge in [-0.15, -0.1) is 0 Å². The first-order valence-electron chi connectivity index (χ1n) is 6.28. The van der Waals surface area contributed by atoms with Crippen LogP contribution in [0.1, 0.15) is 37.3 Å². The van der Waals surface area contributed by atoms with Crippen molar-refractivity contribution >= 4 is 0 Å². The first-order valence-corrected chi connectivity index (χ1v) is 6.28. The second-order valence-electron chi connectivity index (χ2n) is 4.48. The second kappa shape index (κ2) is 6.02. The van der Waals surface area contributed by atoms with Gasteiger partial charge in [0, 0.05) is 19.2 Å². The van der Waals surface area contributed by atoms with Gasteiger partial charge in [-0.3, -0.25) is 0 Å². The molecule has 2 rings (SSSR count). The third kappa shape index (κ3) is 3.62. The summed E-state index contributed by atoms with van der Waals surface area (Å²) in [5.74, 6) is 0. The topological polar surface area (TPSA) is 21.3 Å². The minimum atomic E-state index is 0.746. The van der Waals surface area contributed by atoms with Crippen molar-refractivity contribution in [2.24, 2.45) is 0 Å². The summed E-state index contributed by atoms with van der Waals surface area (Å²) in [6.07, 6.45) is 3.77. The van der Waals surface area contributed by atoms with Crippen molar-refractivity contribution in [3.05, 3.63) is 35.4 Å². The zero-order valence-corrected chi connectivity index (χ0v) is 10.0. The molecule has 1 aromatic carbocycles. The van der Waals surface area contributed by atoms with Gasteiger partial charge in [-0.25, -0.2) is 0 Å². The molecule has 16 heavy (non-hydrogen) atoms. The van der Waals surface area contributed by atoms with E-state index in [4.69, 9.17) is 4.74 Å². The standard InChI is InChI=1S/C14H21NO/c1-2-9-16-11-13-6-4-3-5-12(13)10-15-14-7-8-14/h3-6,14-15H,2,7-11H2,1H3. The van der Waals surface area contributed by atoms with Crippen molar-refractivity contribution < 1.29 is 4.74 Å². The van der Waals surface area contributed by atoms with Crippen LogP contribution in [-0.2, 0) is 17.9 Å². The van der Waals surface area contributed by atoms with Gasteiger partial charge in [-0.2, -0.15) is 0 Å². The Labute approximate surface area is 98.0 Å². The molecule has 88 valence electrons. The van der Waals surface area contributed by atoms with Crippen molar-refractivity contribution in [3.63, 3.8) is 0 Å². The van der Waals surface area contributed by atoms with E-state index in [1.165, 1.54) is 24.0 Å². The van der Waals surface area contributed by atoms with Crippen molar-refractivity contribution in [1.82, 2.24) is 5.32 Å². The van der Waals surface area contributed by atoms with Crippen LogP contribution in [0.15, 0.2) is 24.3 Å². The van der Waals surface area contributed by atoms with Crippen molar-refractivity contribution in [2.45, 2.75) is 45.4 Å². The molecule has 0 atom stereocenters. The van der Waals surface area contributed by atoms with Gasteiger partial charge in [-0.05, 0) is 30.4 Å². The highest BCUT2D eigenvalue weighted by Crippen LogP contribution is 2.20. The Kier molecular flexibility index (Phi) is 4.37. The van der Waals surface area contributed by atoms with E-state index in [0.29, 0.717) is 0 Å². The van der Waals surface area contributed by atoms with E-state index >= 15 is 0 Å². The van der Waals surface area contributed by atoms with Gasteiger partial charge in [0.2, 0.25) is 0 Å². The Hall–Kier alpha value is -0.860. The van der Waals surface area contributed by atoms with E-state index in [2.05, 4.69) is 36.5 Å². The largest absolute Gasteiger partial charge is 0.377 e. The summed E-state index contributed by atoms with van der Waals surface area (Å²) in [6, 6.07) is 9.32. The number of rotatable bonds is 7. The fourth-order valence-corrected chi connectivity index (χ4v) is 1.74. The fraction of sp³-hybridized carbons (Fsp3) is 0.571. The van der Waals surface area contributed by atoms with Gasteiger partial charge in [0.15, 0.2) is 0 Å². The molecule has 0 spiro atoms. The zero-order valence-electron chi connectivity index (χ0n) is 10.0. The monoisotopic (exact) mass is 219 g/mol. The highest BCUT2D eigenvalue weighted by atomic mass is 16.5. The fourth-order valence-electron chi connectivity index (χ4n) is 1.74. The first kappa shape index (κ1) is 11.6. The van der Waals surface area contributed by atoms with E-state index < -0.39 is 0 Å². The molecule has 0 saturated heterocycles. The molecule has 0 heterocycles. The maximum absolute atomic E-state index is 5.60. The minimum Gasteiger partial charge on any atom is -0.377 e. The predicted octanol–water partition coefficient (Wildman–Crippen LogP) is 2.87. The average molecular weight is 219 g/mol. The quantitative estimate of drug-likeness (QED) is 0.712. The molecule has 1 fully saturated rings. The summed E-state index contributed by atoms with van der Waals surface area (Å²) in [5.41, 5.74) is 2.70. The van der Waals surface area contributed by atoms with Crippen molar-refractivity contribution in [3.8, 4) is 0 Å². The van der Waals surface area contributed by atoms with Crippen LogP contribution in [0.4, 0.5) is 0 Å². The highest BCUT2D eigenvalue weighted by Gasteiger charge is 2.20. The van der Waals surface area contributed by atoms with Gasteiger partial charge >= 0.3 is 0 Å². The van der Waals surface area contributed by atoms with Gasteiger partial charge in [0.05, 0.1) is 6.61 Å². The van der Waals surface area contributed by atoms with Crippen LogP contribution in [0.2, 0.25) is 0 Å². The second-order valence-corrected chi connectivity index (χ2v) is 4.48. The van der Waals surface area contributed by atoms with E-state index in [1.807, 2.05) is 0 Å². The van der Waals surface area contributed by atoms with Crippen LogP contribution in [0, 0.1) is 0 Å². The molecule has 0 unspecified atom stereocenters. The molecule has 1 aromatic rings. The SMILES string of the molecule is CCCOCc1ccccc1CNC1CC1. The lowest BCUT2D eigenvalue weighted by Crippen LogP contribution is -2.16. The Bertz CT molecular complexity index is 320. The average Bonchev–Trinajstić information content (AvgIpc) is 3.12. The van der Waals surface area contributed by atoms with Gasteiger partial charge in [0.25, 0.3) is 0 Å². The maximum atomic E-state index is 5.60. The lowest BCUT2D eigenvalue weighted by atomic mass is 10.1. The van der Waals surface area contributed by atoms with Crippen molar-refractivity contribution in [2.75, 3.05) is 6.61 Å². The molecule has 1 aliphatic rings. The summed E-state index contributed by atoms with van der Waals surface area (Å²) < 4.78 is 5.60. The van der Waals surface area contributed by atoms with Crippen LogP contribution in [0.5, 0.6) is 0 Å². The lowest BCUT2D eigenvalue weighted by molar-refractivity contribution is 0.121. The van der Waals surface area contributed by atoms with Crippen LogP contribution in [-0.4, -0.2) is 12.6 Å². The molecule has 0 amide bonds. The highest BCUT2D eigenvalue weighted by molar-refractivity contribution is 5.26. The normalized spacial score (nSPS) is 15.3. The summed E-state index contributed by atoms with van der Waals surface area (Å²) in [7, 11) is 0. The number of hydrogen-bond donors (Lipinski definition) is 1. The summed E-state index contributed by atoms with van der Waals surface area (Å²) in [6.45, 7) is 4.72. The zero-order chi connectivity index (χ0) is 11.2. The Morgan fingerprint density at radius 1 is 1.25 bits per heavy atom. The number of benzene rings is 1. The van der Waals surface area contributed by atoms with Gasteiger partial charge < -0.3 is 10.1 Å². The molecule has 2 heteroatoms. The summed E-state index contributed by atoms with van der Waals surface area (Å²) in [5, 5.41) is 3.55. The van der Waals surface area contributed by atoms with E-state index in [-0.39, 0.29) is 0 Å². The molecule has 1 N–H and O–H groups in total. The molecule has 0 aromatic heterocycles. The van der Waals surface area contributed by atoms with E-state index in [0.717, 1.165) is 32.2 Å². The summed E-state index contributed by atoms with van der Waals surface area (Å²) >= 11 is 0. The molecule has 2 nitrogen and oxygen atoms in total. The van der Waals surface area contributed by atoms with Crippen LogP contribution in [0.3, 0.4) is 0 Å². The lowest BCUT2D eigenvalue weighted by Gasteiger charge is -2.10. The number of nitrogens with one attached hydrogen (secondary N) is 1. The Balaban J connectivity index is 1.87. The van der Waals surface area contributed by atoms with Gasteiger partial charge in [-0.1, -0.05) is 31.2 Å². The predicted molar refractivity (Wildman–Crippen MR) is 66.3 cm³/mol. The molecule has 1 aliphatic carbocycles. The number of ether oxygens (including phenoxy) is 1. The minimum absolute atomic E-state index is 0.746. The molecule has 0 bridgehead atoms. The summed E-state index contributed by atoms with van der Waals surface area (Å²) in [4.78, 5) is 0. The van der Waals surface area contributed by atoms with E-state index in [1.54, 1.807) is 0 Å². The number of hydrogen-bond acceptors (Lipinski definition) is 2. The molecule has 1 saturated carbocycles. The third-order valence-electron chi connectivity index (χ3n) is 2.88. The van der Waals surface area contributed by atoms with Crippen LogP contribution < -0.4 is 5.32 Å². The Morgan fingerprint density at radius 3 is 2.69 bits per heavy atom.